The third-order valence-electron chi connectivity index (χ3n) is 3.15. The second-order valence-electron chi connectivity index (χ2n) is 4.87. The predicted octanol–water partition coefficient (Wildman–Crippen LogP) is 3.80. The first-order chi connectivity index (χ1) is 10.1. The van der Waals surface area contributed by atoms with Crippen LogP contribution < -0.4 is 0 Å². The Morgan fingerprint density at radius 2 is 1.81 bits per heavy atom. The molecule has 0 heterocycles. The van der Waals surface area contributed by atoms with Gasteiger partial charge in [0.05, 0.1) is 19.1 Å². The first-order valence-corrected chi connectivity index (χ1v) is 7.12. The standard InChI is InChI=1S/C17H17ClO3/c18-16-8-4-7-14(10-16)9-15(17(19)20)12-21-11-13-5-2-1-3-6-13/h1-8,10,15H,9,11-12H2,(H,19,20). The summed E-state index contributed by atoms with van der Waals surface area (Å²) < 4.78 is 5.53. The van der Waals surface area contributed by atoms with Gasteiger partial charge in [-0.15, -0.1) is 0 Å². The molecule has 0 fully saturated rings. The van der Waals surface area contributed by atoms with Crippen LogP contribution in [0.5, 0.6) is 0 Å². The third-order valence-corrected chi connectivity index (χ3v) is 3.39. The van der Waals surface area contributed by atoms with Crippen LogP contribution in [-0.4, -0.2) is 17.7 Å². The highest BCUT2D eigenvalue weighted by Gasteiger charge is 2.18. The van der Waals surface area contributed by atoms with E-state index in [1.165, 1.54) is 0 Å². The summed E-state index contributed by atoms with van der Waals surface area (Å²) in [5.74, 6) is -1.43. The Morgan fingerprint density at radius 3 is 2.48 bits per heavy atom. The number of carboxylic acid groups (broad SMARTS) is 1. The topological polar surface area (TPSA) is 46.5 Å². The minimum Gasteiger partial charge on any atom is -0.481 e. The molecule has 2 aromatic rings. The first kappa shape index (κ1) is 15.5. The molecular formula is C17H17ClO3. The van der Waals surface area contributed by atoms with E-state index in [2.05, 4.69) is 0 Å². The Bertz CT molecular complexity index is 584. The average Bonchev–Trinajstić information content (AvgIpc) is 2.47. The summed E-state index contributed by atoms with van der Waals surface area (Å²) in [7, 11) is 0. The summed E-state index contributed by atoms with van der Waals surface area (Å²) >= 11 is 5.91. The van der Waals surface area contributed by atoms with E-state index in [4.69, 9.17) is 16.3 Å². The first-order valence-electron chi connectivity index (χ1n) is 6.74. The minimum atomic E-state index is -0.858. The molecule has 1 N–H and O–H groups in total. The molecule has 3 nitrogen and oxygen atoms in total. The number of carboxylic acids is 1. The molecule has 110 valence electrons. The molecule has 2 aromatic carbocycles. The zero-order valence-corrected chi connectivity index (χ0v) is 12.3. The van der Waals surface area contributed by atoms with Crippen LogP contribution in [0.2, 0.25) is 5.02 Å². The van der Waals surface area contributed by atoms with Crippen LogP contribution in [0.15, 0.2) is 54.6 Å². The number of aliphatic carboxylic acids is 1. The Kier molecular flexibility index (Phi) is 5.78. The number of carbonyl (C=O) groups is 1. The van der Waals surface area contributed by atoms with Gasteiger partial charge in [-0.25, -0.2) is 0 Å². The van der Waals surface area contributed by atoms with Gasteiger partial charge < -0.3 is 9.84 Å². The van der Waals surface area contributed by atoms with Gasteiger partial charge in [0.1, 0.15) is 0 Å². The average molecular weight is 305 g/mol. The second kappa shape index (κ2) is 7.81. The lowest BCUT2D eigenvalue weighted by Gasteiger charge is -2.13. The van der Waals surface area contributed by atoms with Crippen molar-refractivity contribution < 1.29 is 14.6 Å². The SMILES string of the molecule is O=C(O)C(COCc1ccccc1)Cc1cccc(Cl)c1. The maximum absolute atomic E-state index is 11.3. The predicted molar refractivity (Wildman–Crippen MR) is 82.4 cm³/mol. The number of rotatable bonds is 7. The van der Waals surface area contributed by atoms with Gasteiger partial charge in [-0.05, 0) is 29.7 Å². The number of hydrogen-bond acceptors (Lipinski definition) is 2. The summed E-state index contributed by atoms with van der Waals surface area (Å²) in [6.45, 7) is 0.594. The molecule has 0 bridgehead atoms. The van der Waals surface area contributed by atoms with Gasteiger partial charge in [0.25, 0.3) is 0 Å². The molecule has 0 spiro atoms. The monoisotopic (exact) mass is 304 g/mol. The maximum Gasteiger partial charge on any atom is 0.309 e. The highest BCUT2D eigenvalue weighted by Crippen LogP contribution is 2.15. The van der Waals surface area contributed by atoms with Crippen LogP contribution in [0, 0.1) is 5.92 Å². The minimum absolute atomic E-state index is 0.177. The summed E-state index contributed by atoms with van der Waals surface area (Å²) in [6, 6.07) is 16.9. The smallest absolute Gasteiger partial charge is 0.309 e. The number of ether oxygens (including phenoxy) is 1. The van der Waals surface area contributed by atoms with Crippen molar-refractivity contribution in [1.82, 2.24) is 0 Å². The third kappa shape index (κ3) is 5.21. The highest BCUT2D eigenvalue weighted by atomic mass is 35.5. The molecule has 2 rings (SSSR count). The van der Waals surface area contributed by atoms with E-state index in [0.29, 0.717) is 18.1 Å². The van der Waals surface area contributed by atoms with Gasteiger partial charge in [-0.2, -0.15) is 0 Å². The Morgan fingerprint density at radius 1 is 1.10 bits per heavy atom. The van der Waals surface area contributed by atoms with Gasteiger partial charge in [-0.1, -0.05) is 54.1 Å². The number of benzene rings is 2. The van der Waals surface area contributed by atoms with E-state index in [1.807, 2.05) is 42.5 Å². The number of halogens is 1. The van der Waals surface area contributed by atoms with Crippen molar-refractivity contribution in [2.45, 2.75) is 13.0 Å². The van der Waals surface area contributed by atoms with Gasteiger partial charge in [0, 0.05) is 5.02 Å². The zero-order valence-electron chi connectivity index (χ0n) is 11.5. The quantitative estimate of drug-likeness (QED) is 0.846. The van der Waals surface area contributed by atoms with E-state index in [1.54, 1.807) is 12.1 Å². The van der Waals surface area contributed by atoms with Crippen LogP contribution in [0.4, 0.5) is 0 Å². The molecule has 0 aliphatic rings. The van der Waals surface area contributed by atoms with Crippen LogP contribution in [0.1, 0.15) is 11.1 Å². The van der Waals surface area contributed by atoms with Crippen LogP contribution in [-0.2, 0) is 22.6 Å². The fourth-order valence-electron chi connectivity index (χ4n) is 2.06. The fourth-order valence-corrected chi connectivity index (χ4v) is 2.27. The summed E-state index contributed by atoms with van der Waals surface area (Å²) in [6.07, 6.45) is 0.407. The van der Waals surface area contributed by atoms with E-state index in [9.17, 15) is 9.90 Å². The number of hydrogen-bond donors (Lipinski definition) is 1. The molecule has 0 saturated carbocycles. The van der Waals surface area contributed by atoms with Crippen molar-refractivity contribution >= 4 is 17.6 Å². The molecule has 0 amide bonds. The summed E-state index contributed by atoms with van der Waals surface area (Å²) in [4.78, 5) is 11.3. The molecule has 21 heavy (non-hydrogen) atoms. The summed E-state index contributed by atoms with van der Waals surface area (Å²) in [5, 5.41) is 9.90. The Hall–Kier alpha value is -1.84. The van der Waals surface area contributed by atoms with Gasteiger partial charge in [0.15, 0.2) is 0 Å². The van der Waals surface area contributed by atoms with E-state index in [-0.39, 0.29) is 6.61 Å². The maximum atomic E-state index is 11.3. The molecule has 1 unspecified atom stereocenters. The van der Waals surface area contributed by atoms with Crippen molar-refractivity contribution in [3.63, 3.8) is 0 Å². The van der Waals surface area contributed by atoms with E-state index >= 15 is 0 Å². The van der Waals surface area contributed by atoms with Gasteiger partial charge in [0.2, 0.25) is 0 Å². The summed E-state index contributed by atoms with van der Waals surface area (Å²) in [5.41, 5.74) is 1.93. The lowest BCUT2D eigenvalue weighted by molar-refractivity contribution is -0.144. The molecule has 0 radical (unpaired) electrons. The molecule has 4 heteroatoms. The largest absolute Gasteiger partial charge is 0.481 e. The van der Waals surface area contributed by atoms with Crippen molar-refractivity contribution in [1.29, 1.82) is 0 Å². The molecule has 0 aromatic heterocycles. The normalized spacial score (nSPS) is 12.0. The lowest BCUT2D eigenvalue weighted by Crippen LogP contribution is -2.22. The Balaban J connectivity index is 1.89. The van der Waals surface area contributed by atoms with Gasteiger partial charge >= 0.3 is 5.97 Å². The molecule has 1 atom stereocenters. The highest BCUT2D eigenvalue weighted by molar-refractivity contribution is 6.30. The second-order valence-corrected chi connectivity index (χ2v) is 5.31. The van der Waals surface area contributed by atoms with E-state index in [0.717, 1.165) is 11.1 Å². The Labute approximate surface area is 129 Å². The molecule has 0 saturated heterocycles. The van der Waals surface area contributed by atoms with Crippen molar-refractivity contribution in [3.05, 3.63) is 70.7 Å². The van der Waals surface area contributed by atoms with Crippen molar-refractivity contribution in [3.8, 4) is 0 Å². The van der Waals surface area contributed by atoms with Crippen LogP contribution in [0.25, 0.3) is 0 Å². The van der Waals surface area contributed by atoms with Crippen LogP contribution in [0.3, 0.4) is 0 Å². The van der Waals surface area contributed by atoms with Gasteiger partial charge in [-0.3, -0.25) is 4.79 Å². The lowest BCUT2D eigenvalue weighted by atomic mass is 10.0. The van der Waals surface area contributed by atoms with E-state index < -0.39 is 11.9 Å². The van der Waals surface area contributed by atoms with Crippen LogP contribution >= 0.6 is 11.6 Å². The zero-order chi connectivity index (χ0) is 15.1. The fraction of sp³-hybridized carbons (Fsp3) is 0.235. The molecular weight excluding hydrogens is 288 g/mol. The van der Waals surface area contributed by atoms with Crippen molar-refractivity contribution in [2.24, 2.45) is 5.92 Å². The molecule has 0 aliphatic carbocycles. The van der Waals surface area contributed by atoms with Crippen molar-refractivity contribution in [2.75, 3.05) is 6.61 Å². The molecule has 0 aliphatic heterocycles.